The lowest BCUT2D eigenvalue weighted by atomic mass is 9.96. The molecule has 23 nitrogen and oxygen atoms in total. The Labute approximate surface area is 529 Å². The molecule has 0 aromatic heterocycles. The first-order valence-electron chi connectivity index (χ1n) is 29.5. The van der Waals surface area contributed by atoms with Crippen molar-refractivity contribution in [1.82, 2.24) is 0 Å². The molecule has 2 aliphatic rings. The Morgan fingerprint density at radius 2 is 0.527 bits per heavy atom. The highest BCUT2D eigenvalue weighted by molar-refractivity contribution is 5.88. The van der Waals surface area contributed by atoms with E-state index < -0.39 is 111 Å². The lowest BCUT2D eigenvalue weighted by molar-refractivity contribution is -0.354. The van der Waals surface area contributed by atoms with Crippen molar-refractivity contribution in [2.45, 2.75) is 144 Å². The van der Waals surface area contributed by atoms with Gasteiger partial charge < -0.3 is 52.1 Å². The van der Waals surface area contributed by atoms with E-state index in [2.05, 4.69) is 31.9 Å². The molecule has 10 atom stereocenters. The molecule has 2 fully saturated rings. The Kier molecular flexibility index (Phi) is 22.7. The van der Waals surface area contributed by atoms with Crippen molar-refractivity contribution >= 4 is 70.7 Å². The molecule has 0 bridgehead atoms. The molecule has 91 heavy (non-hydrogen) atoms. The van der Waals surface area contributed by atoms with Gasteiger partial charge in [-0.1, -0.05) is 36.4 Å². The molecule has 6 N–H and O–H groups in total. The molecule has 0 radical (unpaired) electrons. The number of rotatable bonds is 18. The molecule has 8 rings (SSSR count). The van der Waals surface area contributed by atoms with Crippen molar-refractivity contribution in [2.75, 3.05) is 59.3 Å². The average molecular weight is 1250 g/mol. The average Bonchev–Trinajstić information content (AvgIpc) is 0.785. The molecule has 2 saturated heterocycles. The molecule has 0 spiro atoms. The minimum atomic E-state index is -2.00. The number of carbonyl (C=O) groups excluding carboxylic acids is 6. The van der Waals surface area contributed by atoms with Crippen molar-refractivity contribution in [3.63, 3.8) is 0 Å². The van der Waals surface area contributed by atoms with E-state index in [4.69, 9.17) is 52.1 Å². The van der Waals surface area contributed by atoms with E-state index >= 15 is 0 Å². The smallest absolute Gasteiger partial charge is 0.412 e. The predicted molar refractivity (Wildman–Crippen MR) is 341 cm³/mol. The van der Waals surface area contributed by atoms with E-state index in [0.29, 0.717) is 34.1 Å². The van der Waals surface area contributed by atoms with Gasteiger partial charge in [0.1, 0.15) is 37.6 Å². The van der Waals surface area contributed by atoms with Crippen LogP contribution in [0, 0.1) is 83.1 Å². The second-order valence-corrected chi connectivity index (χ2v) is 23.3. The number of benzene rings is 6. The molecule has 484 valence electrons. The van der Waals surface area contributed by atoms with Gasteiger partial charge in [0.05, 0.1) is 0 Å². The monoisotopic (exact) mass is 1250 g/mol. The van der Waals surface area contributed by atoms with Gasteiger partial charge >= 0.3 is 36.6 Å². The number of carbonyl (C=O) groups is 6. The summed E-state index contributed by atoms with van der Waals surface area (Å²) in [6.45, 7) is 20.9. The Hall–Kier alpha value is -9.26. The maximum Gasteiger partial charge on any atom is 0.412 e. The summed E-state index contributed by atoms with van der Waals surface area (Å²) in [5, 5.41) is 16.4. The zero-order valence-electron chi connectivity index (χ0n) is 53.5. The third-order valence-corrected chi connectivity index (χ3v) is 14.5. The fourth-order valence-corrected chi connectivity index (χ4v) is 11.4. The molecular weight excluding hydrogens is 1170 g/mol. The van der Waals surface area contributed by atoms with Gasteiger partial charge in [-0.05, 0) is 223 Å². The summed E-state index contributed by atoms with van der Waals surface area (Å²) in [5.74, 6) is 0. The Balaban J connectivity index is 1.25. The van der Waals surface area contributed by atoms with Crippen LogP contribution in [0.25, 0.3) is 0 Å². The van der Waals surface area contributed by atoms with Gasteiger partial charge in [-0.2, -0.15) is 0 Å². The summed E-state index contributed by atoms with van der Waals surface area (Å²) in [7, 11) is 2.53. The summed E-state index contributed by atoms with van der Waals surface area (Å²) in [6, 6.07) is 32.1. The van der Waals surface area contributed by atoms with Crippen molar-refractivity contribution < 1.29 is 80.9 Å². The lowest BCUT2D eigenvalue weighted by Crippen LogP contribution is -2.67. The van der Waals surface area contributed by atoms with E-state index in [-0.39, 0.29) is 0 Å². The van der Waals surface area contributed by atoms with Crippen molar-refractivity contribution in [3.05, 3.63) is 176 Å². The highest BCUT2D eigenvalue weighted by Crippen LogP contribution is 2.37. The van der Waals surface area contributed by atoms with Gasteiger partial charge in [0, 0.05) is 48.3 Å². The Morgan fingerprint density at radius 1 is 0.297 bits per heavy atom. The number of nitrogens with one attached hydrogen (secondary N) is 6. The maximum atomic E-state index is 14.6. The topological polar surface area (TPSA) is 276 Å². The third kappa shape index (κ3) is 19.4. The number of hydrogen-bond donors (Lipinski definition) is 6. The second kappa shape index (κ2) is 30.5. The Morgan fingerprint density at radius 3 is 0.802 bits per heavy atom. The third-order valence-electron chi connectivity index (χ3n) is 14.5. The first kappa shape index (κ1) is 67.7. The van der Waals surface area contributed by atoms with Crippen LogP contribution < -0.4 is 31.9 Å². The first-order valence-corrected chi connectivity index (χ1v) is 29.5. The summed E-state index contributed by atoms with van der Waals surface area (Å²) in [4.78, 5) is 85.7. The number of methoxy groups -OCH3 is 2. The number of amides is 6. The zero-order chi connectivity index (χ0) is 65.8. The highest BCUT2D eigenvalue weighted by atomic mass is 16.8. The molecule has 0 aliphatic carbocycles. The molecule has 23 heteroatoms. The number of hydrogen-bond acceptors (Lipinski definition) is 17. The largest absolute Gasteiger partial charge is 0.446 e. The molecule has 6 aromatic carbocycles. The maximum absolute atomic E-state index is 14.6. The van der Waals surface area contributed by atoms with Crippen LogP contribution in [0.1, 0.15) is 66.8 Å². The van der Waals surface area contributed by atoms with E-state index in [1.165, 1.54) is 14.2 Å². The molecule has 6 aromatic rings. The van der Waals surface area contributed by atoms with E-state index in [0.717, 1.165) is 66.8 Å². The quantitative estimate of drug-likeness (QED) is 0.0436. The van der Waals surface area contributed by atoms with Crippen LogP contribution in [0.2, 0.25) is 0 Å². The summed E-state index contributed by atoms with van der Waals surface area (Å²) >= 11 is 0. The van der Waals surface area contributed by atoms with E-state index in [9.17, 15) is 28.8 Å². The van der Waals surface area contributed by atoms with Gasteiger partial charge in [-0.25, -0.2) is 28.8 Å². The second-order valence-electron chi connectivity index (χ2n) is 23.3. The van der Waals surface area contributed by atoms with Crippen LogP contribution in [0.4, 0.5) is 62.9 Å². The summed E-state index contributed by atoms with van der Waals surface area (Å²) < 4.78 is 69.2. The molecule has 6 amide bonds. The molecule has 0 saturated carbocycles. The van der Waals surface area contributed by atoms with Crippen LogP contribution >= 0.6 is 0 Å². The van der Waals surface area contributed by atoms with Crippen molar-refractivity contribution in [3.8, 4) is 0 Å². The SMILES string of the molecule is CO[C@H]1O[C@H](COC(=O)Nc2cc(C)cc(C)c2)[C@@H](O[C@H]2O[C@H](COC(=O)Nc3cc(C)cc(C)c3)[C@@H](OC)[C@H](OC(=O)Nc3cc(C)cc(C)c3)[C@H]2OC(=O)Nc2cc(C)cc(C)c2)[C@H](OC(=O)Nc2cc(C)cc(C)c2)[C@H]1OC(=O)Nc1cc(C)cc(C)c1. The number of ether oxygens (including phenoxy) is 11. The summed E-state index contributed by atoms with van der Waals surface area (Å²) in [6.07, 6.45) is -23.2. The fraction of sp³-hybridized carbons (Fsp3) is 0.382. The molecular formula is C68H80N6O17. The molecule has 0 unspecified atom stereocenters. The Bertz CT molecular complexity index is 3510. The van der Waals surface area contributed by atoms with Gasteiger partial charge in [0.15, 0.2) is 37.0 Å². The molecule has 2 aliphatic heterocycles. The van der Waals surface area contributed by atoms with E-state index in [1.54, 1.807) is 72.8 Å². The van der Waals surface area contributed by atoms with Crippen molar-refractivity contribution in [1.29, 1.82) is 0 Å². The van der Waals surface area contributed by atoms with Crippen LogP contribution in [-0.4, -0.2) is 125 Å². The van der Waals surface area contributed by atoms with Crippen LogP contribution in [0.5, 0.6) is 0 Å². The predicted octanol–water partition coefficient (Wildman–Crippen LogP) is 13.2. The minimum Gasteiger partial charge on any atom is -0.446 e. The van der Waals surface area contributed by atoms with Gasteiger partial charge in [0.25, 0.3) is 0 Å². The van der Waals surface area contributed by atoms with Gasteiger partial charge in [-0.15, -0.1) is 0 Å². The van der Waals surface area contributed by atoms with Gasteiger partial charge in [0.2, 0.25) is 0 Å². The fourth-order valence-electron chi connectivity index (χ4n) is 11.4. The van der Waals surface area contributed by atoms with E-state index in [1.807, 2.05) is 119 Å². The standard InChI is InChI=1S/C68H80N6O17/c1-35-15-36(2)22-47(21-35)69-63(75)83-33-53-55(81-13)57(88-65(77)71-49-25-39(5)17-40(6)26-49)60(91-68(80)74-52-31-45(11)20-46(12)32-52)62(86-53)87-56-54(34-84-64(76)70-48-23-37(3)16-38(4)24-48)85-61(82-14)59(90-67(79)73-51-29-43(9)19-44(10)30-51)58(56)89-66(78)72-50-27-41(7)18-42(8)28-50/h15-32,53-62H,33-34H2,1-14H3,(H,69,75)(H,70,76)(H,71,77)(H,72,78)(H,73,79)(H,74,80)/t53-,54-,55-,56-,57+,58+,59-,60-,61+,62-/m1/s1. The first-order chi connectivity index (χ1) is 43.2. The van der Waals surface area contributed by atoms with Crippen LogP contribution in [-0.2, 0) is 52.1 Å². The van der Waals surface area contributed by atoms with Crippen LogP contribution in [0.15, 0.2) is 109 Å². The lowest BCUT2D eigenvalue weighted by Gasteiger charge is -2.48. The summed E-state index contributed by atoms with van der Waals surface area (Å²) in [5.41, 5.74) is 12.2. The number of aryl methyl sites for hydroxylation is 12. The highest BCUT2D eigenvalue weighted by Gasteiger charge is 2.57. The minimum absolute atomic E-state index is 0.330. The van der Waals surface area contributed by atoms with Crippen molar-refractivity contribution in [2.24, 2.45) is 0 Å². The number of anilines is 6. The molecule has 2 heterocycles. The zero-order valence-corrected chi connectivity index (χ0v) is 53.5. The normalized spacial score (nSPS) is 21.0. The van der Waals surface area contributed by atoms with Gasteiger partial charge in [-0.3, -0.25) is 31.9 Å². The van der Waals surface area contributed by atoms with Crippen LogP contribution in [0.3, 0.4) is 0 Å².